The SMILES string of the molecule is C=C/C=C(\CC)c1nc(C(N)=O)c(-c2ccc(OCCN(CC)CCO)cc2)o1. The molecule has 7 heteroatoms. The highest BCUT2D eigenvalue weighted by atomic mass is 16.5. The fourth-order valence-corrected chi connectivity index (χ4v) is 2.87. The van der Waals surface area contributed by atoms with E-state index in [1.807, 2.05) is 26.0 Å². The molecule has 7 nitrogen and oxygen atoms in total. The number of nitrogens with zero attached hydrogens (tertiary/aromatic N) is 2. The van der Waals surface area contributed by atoms with Crippen molar-refractivity contribution in [3.8, 4) is 17.1 Å². The predicted octanol–water partition coefficient (Wildman–Crippen LogP) is 3.11. The van der Waals surface area contributed by atoms with E-state index in [2.05, 4.69) is 16.5 Å². The third kappa shape index (κ3) is 6.04. The summed E-state index contributed by atoms with van der Waals surface area (Å²) in [6.45, 7) is 10.6. The quantitative estimate of drug-likeness (QED) is 0.532. The first-order chi connectivity index (χ1) is 14.0. The summed E-state index contributed by atoms with van der Waals surface area (Å²) in [5.41, 5.74) is 7.11. The molecule has 0 atom stereocenters. The minimum atomic E-state index is -0.645. The van der Waals surface area contributed by atoms with E-state index in [1.54, 1.807) is 24.3 Å². The van der Waals surface area contributed by atoms with Crippen molar-refractivity contribution in [3.05, 3.63) is 54.6 Å². The first kappa shape index (κ1) is 22.4. The smallest absolute Gasteiger partial charge is 0.271 e. The lowest BCUT2D eigenvalue weighted by Gasteiger charge is -2.19. The Labute approximate surface area is 171 Å². The molecule has 0 fully saturated rings. The number of allylic oxidation sites excluding steroid dienone is 3. The van der Waals surface area contributed by atoms with Gasteiger partial charge in [-0.2, -0.15) is 0 Å². The number of likely N-dealkylation sites (N-methyl/N-ethyl adjacent to an activating group) is 1. The topological polar surface area (TPSA) is 102 Å². The van der Waals surface area contributed by atoms with Crippen molar-refractivity contribution in [2.75, 3.05) is 32.8 Å². The number of hydrogen-bond donors (Lipinski definition) is 2. The van der Waals surface area contributed by atoms with Crippen LogP contribution in [0, 0.1) is 0 Å². The Morgan fingerprint density at radius 2 is 2.03 bits per heavy atom. The maximum Gasteiger partial charge on any atom is 0.271 e. The van der Waals surface area contributed by atoms with Crippen molar-refractivity contribution in [2.24, 2.45) is 5.73 Å². The van der Waals surface area contributed by atoms with Gasteiger partial charge in [0.25, 0.3) is 5.91 Å². The number of hydrogen-bond acceptors (Lipinski definition) is 6. The molecule has 1 aromatic heterocycles. The average molecular weight is 399 g/mol. The number of rotatable bonds is 12. The number of carbonyl (C=O) groups excluding carboxylic acids is 1. The molecule has 1 amide bonds. The zero-order chi connectivity index (χ0) is 21.2. The minimum Gasteiger partial charge on any atom is -0.492 e. The molecule has 0 aliphatic carbocycles. The lowest BCUT2D eigenvalue weighted by atomic mass is 10.1. The van der Waals surface area contributed by atoms with E-state index in [0.717, 1.165) is 18.7 Å². The van der Waals surface area contributed by atoms with Gasteiger partial charge in [-0.05, 0) is 37.2 Å². The fraction of sp³-hybridized carbons (Fsp3) is 0.364. The van der Waals surface area contributed by atoms with Crippen LogP contribution in [-0.4, -0.2) is 53.7 Å². The molecule has 0 aliphatic rings. The Bertz CT molecular complexity index is 840. The lowest BCUT2D eigenvalue weighted by Crippen LogP contribution is -2.30. The van der Waals surface area contributed by atoms with Gasteiger partial charge in [0.05, 0.1) is 6.61 Å². The summed E-state index contributed by atoms with van der Waals surface area (Å²) in [6, 6.07) is 7.23. The van der Waals surface area contributed by atoms with Crippen LogP contribution in [0.4, 0.5) is 0 Å². The molecule has 0 unspecified atom stereocenters. The van der Waals surface area contributed by atoms with Crippen LogP contribution in [-0.2, 0) is 0 Å². The van der Waals surface area contributed by atoms with Crippen LogP contribution in [0.1, 0.15) is 36.6 Å². The van der Waals surface area contributed by atoms with E-state index >= 15 is 0 Å². The van der Waals surface area contributed by atoms with Crippen LogP contribution in [0.5, 0.6) is 5.75 Å². The van der Waals surface area contributed by atoms with Crippen molar-refractivity contribution in [1.29, 1.82) is 0 Å². The Morgan fingerprint density at radius 1 is 1.31 bits per heavy atom. The second kappa shape index (κ2) is 11.2. The number of aliphatic hydroxyl groups is 1. The predicted molar refractivity (Wildman–Crippen MR) is 114 cm³/mol. The second-order valence-corrected chi connectivity index (χ2v) is 6.37. The van der Waals surface area contributed by atoms with Gasteiger partial charge >= 0.3 is 0 Å². The molecule has 29 heavy (non-hydrogen) atoms. The second-order valence-electron chi connectivity index (χ2n) is 6.37. The number of oxazole rings is 1. The Morgan fingerprint density at radius 3 is 2.59 bits per heavy atom. The van der Waals surface area contributed by atoms with Crippen LogP contribution in [0.3, 0.4) is 0 Å². The number of carbonyl (C=O) groups is 1. The molecule has 0 radical (unpaired) electrons. The van der Waals surface area contributed by atoms with Gasteiger partial charge in [0.1, 0.15) is 12.4 Å². The van der Waals surface area contributed by atoms with Crippen molar-refractivity contribution in [3.63, 3.8) is 0 Å². The molecule has 2 aromatic rings. The number of benzene rings is 1. The number of ether oxygens (including phenoxy) is 1. The standard InChI is InChI=1S/C22H29N3O4/c1-4-7-16(5-2)22-24-19(21(23)27)20(29-22)17-8-10-18(11-9-17)28-15-13-25(6-3)12-14-26/h4,7-11,26H,1,5-6,12-15H2,2-3H3,(H2,23,27)/b16-7+. The van der Waals surface area contributed by atoms with Crippen LogP contribution in [0.25, 0.3) is 16.9 Å². The van der Waals surface area contributed by atoms with Gasteiger partial charge in [0, 0.05) is 24.2 Å². The molecule has 156 valence electrons. The van der Waals surface area contributed by atoms with E-state index in [1.165, 1.54) is 0 Å². The third-order valence-electron chi connectivity index (χ3n) is 4.49. The molecule has 3 N–H and O–H groups in total. The summed E-state index contributed by atoms with van der Waals surface area (Å²) in [5.74, 6) is 0.755. The van der Waals surface area contributed by atoms with Crippen LogP contribution >= 0.6 is 0 Å². The van der Waals surface area contributed by atoms with Gasteiger partial charge in [-0.3, -0.25) is 9.69 Å². The molecule has 2 rings (SSSR count). The van der Waals surface area contributed by atoms with Crippen molar-refractivity contribution in [2.45, 2.75) is 20.3 Å². The number of aromatic nitrogens is 1. The van der Waals surface area contributed by atoms with Gasteiger partial charge in [-0.15, -0.1) is 0 Å². The maximum absolute atomic E-state index is 11.8. The normalized spacial score (nSPS) is 11.7. The summed E-state index contributed by atoms with van der Waals surface area (Å²) >= 11 is 0. The Kier molecular flexibility index (Phi) is 8.64. The molecule has 0 saturated carbocycles. The van der Waals surface area contributed by atoms with Gasteiger partial charge < -0.3 is 20.0 Å². The van der Waals surface area contributed by atoms with E-state index in [9.17, 15) is 4.79 Å². The summed E-state index contributed by atoms with van der Waals surface area (Å²) in [4.78, 5) is 18.2. The molecule has 1 aromatic carbocycles. The summed E-state index contributed by atoms with van der Waals surface area (Å²) in [5, 5.41) is 9.03. The zero-order valence-electron chi connectivity index (χ0n) is 17.1. The van der Waals surface area contributed by atoms with Crippen molar-refractivity contribution in [1.82, 2.24) is 9.88 Å². The summed E-state index contributed by atoms with van der Waals surface area (Å²) in [6.07, 6.45) is 4.13. The van der Waals surface area contributed by atoms with Gasteiger partial charge in [-0.25, -0.2) is 4.98 Å². The van der Waals surface area contributed by atoms with Crippen molar-refractivity contribution < 1.29 is 19.1 Å². The van der Waals surface area contributed by atoms with Gasteiger partial charge in [-0.1, -0.05) is 32.6 Å². The number of primary amides is 1. The van der Waals surface area contributed by atoms with E-state index in [0.29, 0.717) is 42.5 Å². The molecular weight excluding hydrogens is 370 g/mol. The highest BCUT2D eigenvalue weighted by Gasteiger charge is 2.20. The lowest BCUT2D eigenvalue weighted by molar-refractivity contribution is 0.0996. The monoisotopic (exact) mass is 399 g/mol. The summed E-state index contributed by atoms with van der Waals surface area (Å²) in [7, 11) is 0. The molecule has 1 heterocycles. The largest absolute Gasteiger partial charge is 0.492 e. The zero-order valence-corrected chi connectivity index (χ0v) is 17.1. The first-order valence-corrected chi connectivity index (χ1v) is 9.73. The van der Waals surface area contributed by atoms with Crippen LogP contribution in [0.15, 0.2) is 47.4 Å². The highest BCUT2D eigenvalue weighted by Crippen LogP contribution is 2.30. The Balaban J connectivity index is 2.16. The van der Waals surface area contributed by atoms with Gasteiger partial charge in [0.15, 0.2) is 11.5 Å². The number of amides is 1. The van der Waals surface area contributed by atoms with Gasteiger partial charge in [0.2, 0.25) is 5.89 Å². The summed E-state index contributed by atoms with van der Waals surface area (Å²) < 4.78 is 11.6. The minimum absolute atomic E-state index is 0.0969. The van der Waals surface area contributed by atoms with Crippen LogP contribution < -0.4 is 10.5 Å². The highest BCUT2D eigenvalue weighted by molar-refractivity contribution is 5.97. The molecular formula is C22H29N3O4. The first-order valence-electron chi connectivity index (χ1n) is 9.73. The molecule has 0 aliphatic heterocycles. The molecule has 0 bridgehead atoms. The Hall–Kier alpha value is -2.90. The third-order valence-corrected chi connectivity index (χ3v) is 4.49. The molecule has 0 spiro atoms. The molecule has 0 saturated heterocycles. The van der Waals surface area contributed by atoms with Crippen LogP contribution in [0.2, 0.25) is 0 Å². The maximum atomic E-state index is 11.8. The number of nitrogens with two attached hydrogens (primary N) is 1. The van der Waals surface area contributed by atoms with E-state index in [4.69, 9.17) is 20.0 Å². The van der Waals surface area contributed by atoms with Crippen molar-refractivity contribution >= 4 is 11.5 Å². The number of aliphatic hydroxyl groups excluding tert-OH is 1. The van der Waals surface area contributed by atoms with E-state index in [-0.39, 0.29) is 12.3 Å². The van der Waals surface area contributed by atoms with E-state index < -0.39 is 5.91 Å². The fourth-order valence-electron chi connectivity index (χ4n) is 2.87. The average Bonchev–Trinajstić information content (AvgIpc) is 3.17.